The van der Waals surface area contributed by atoms with Crippen molar-refractivity contribution in [2.45, 2.75) is 18.9 Å². The van der Waals surface area contributed by atoms with Crippen molar-refractivity contribution >= 4 is 11.6 Å². The van der Waals surface area contributed by atoms with E-state index in [1.807, 2.05) is 12.1 Å². The molecule has 1 aliphatic rings. The van der Waals surface area contributed by atoms with Gasteiger partial charge in [-0.25, -0.2) is 0 Å². The Labute approximate surface area is 107 Å². The Bertz CT molecular complexity index is 360. The Morgan fingerprint density at radius 1 is 1.41 bits per heavy atom. The first kappa shape index (κ1) is 12.8. The first-order valence-electron chi connectivity index (χ1n) is 5.89. The van der Waals surface area contributed by atoms with Crippen LogP contribution in [0.15, 0.2) is 24.3 Å². The maximum absolute atomic E-state index is 10.5. The third-order valence-electron chi connectivity index (χ3n) is 3.53. The van der Waals surface area contributed by atoms with Crippen molar-refractivity contribution in [2.24, 2.45) is 11.1 Å². The third-order valence-corrected chi connectivity index (χ3v) is 3.78. The molecule has 0 aliphatic carbocycles. The normalized spacial score (nSPS) is 26.8. The Morgan fingerprint density at radius 3 is 2.65 bits per heavy atom. The molecule has 1 saturated heterocycles. The van der Waals surface area contributed by atoms with E-state index in [0.29, 0.717) is 18.2 Å². The van der Waals surface area contributed by atoms with Gasteiger partial charge in [0.2, 0.25) is 0 Å². The fourth-order valence-corrected chi connectivity index (χ4v) is 2.49. The van der Waals surface area contributed by atoms with Crippen LogP contribution >= 0.6 is 11.6 Å². The van der Waals surface area contributed by atoms with Gasteiger partial charge in [-0.3, -0.25) is 0 Å². The Hall–Kier alpha value is -0.610. The van der Waals surface area contributed by atoms with Crippen LogP contribution in [0.5, 0.6) is 0 Å². The number of ether oxygens (including phenoxy) is 1. The summed E-state index contributed by atoms with van der Waals surface area (Å²) in [5.74, 6) is 0. The summed E-state index contributed by atoms with van der Waals surface area (Å²) in [5, 5.41) is 11.2. The number of rotatable bonds is 3. The first-order valence-corrected chi connectivity index (χ1v) is 6.27. The zero-order valence-electron chi connectivity index (χ0n) is 9.73. The van der Waals surface area contributed by atoms with Gasteiger partial charge in [0.25, 0.3) is 0 Å². The number of hydrogen-bond donors (Lipinski definition) is 2. The van der Waals surface area contributed by atoms with E-state index < -0.39 is 6.10 Å². The zero-order valence-corrected chi connectivity index (χ0v) is 10.5. The van der Waals surface area contributed by atoms with Gasteiger partial charge in [0.1, 0.15) is 0 Å². The van der Waals surface area contributed by atoms with Gasteiger partial charge in [-0.2, -0.15) is 0 Å². The van der Waals surface area contributed by atoms with E-state index in [9.17, 15) is 5.11 Å². The number of hydrogen-bond acceptors (Lipinski definition) is 3. The summed E-state index contributed by atoms with van der Waals surface area (Å²) < 4.78 is 5.48. The lowest BCUT2D eigenvalue weighted by molar-refractivity contribution is -0.0781. The second kappa shape index (κ2) is 5.36. The quantitative estimate of drug-likeness (QED) is 0.870. The molecule has 1 aliphatic heterocycles. The van der Waals surface area contributed by atoms with E-state index >= 15 is 0 Å². The van der Waals surface area contributed by atoms with Crippen LogP contribution in [0.2, 0.25) is 5.02 Å². The lowest BCUT2D eigenvalue weighted by atomic mass is 9.75. The SMILES string of the molecule is NCC1(C(O)c2ccc(Cl)cc2)CCCOC1. The molecule has 1 aromatic carbocycles. The molecule has 0 aromatic heterocycles. The molecule has 1 heterocycles. The second-order valence-corrected chi connectivity index (χ2v) is 5.11. The lowest BCUT2D eigenvalue weighted by Gasteiger charge is -2.40. The highest BCUT2D eigenvalue weighted by Crippen LogP contribution is 2.40. The van der Waals surface area contributed by atoms with E-state index in [1.165, 1.54) is 0 Å². The van der Waals surface area contributed by atoms with E-state index in [4.69, 9.17) is 22.1 Å². The second-order valence-electron chi connectivity index (χ2n) is 4.68. The van der Waals surface area contributed by atoms with Gasteiger partial charge < -0.3 is 15.6 Å². The van der Waals surface area contributed by atoms with Crippen LogP contribution in [0, 0.1) is 5.41 Å². The molecule has 4 heteroatoms. The van der Waals surface area contributed by atoms with Gasteiger partial charge in [0.15, 0.2) is 0 Å². The summed E-state index contributed by atoms with van der Waals surface area (Å²) in [4.78, 5) is 0. The maximum atomic E-state index is 10.5. The van der Waals surface area contributed by atoms with Gasteiger partial charge in [-0.1, -0.05) is 23.7 Å². The summed E-state index contributed by atoms with van der Waals surface area (Å²) in [5.41, 5.74) is 6.34. The Morgan fingerprint density at radius 2 is 2.12 bits per heavy atom. The molecule has 0 spiro atoms. The molecule has 2 atom stereocenters. The minimum Gasteiger partial charge on any atom is -0.388 e. The molecule has 2 rings (SSSR count). The number of aliphatic hydroxyl groups excluding tert-OH is 1. The highest BCUT2D eigenvalue weighted by molar-refractivity contribution is 6.30. The smallest absolute Gasteiger partial charge is 0.0880 e. The maximum Gasteiger partial charge on any atom is 0.0880 e. The molecule has 0 radical (unpaired) electrons. The minimum absolute atomic E-state index is 0.355. The van der Waals surface area contributed by atoms with Crippen molar-refractivity contribution in [3.05, 3.63) is 34.9 Å². The van der Waals surface area contributed by atoms with Crippen LogP contribution in [0.25, 0.3) is 0 Å². The predicted octanol–water partition coefficient (Wildman–Crippen LogP) is 2.13. The predicted molar refractivity (Wildman–Crippen MR) is 68.0 cm³/mol. The van der Waals surface area contributed by atoms with Crippen LogP contribution in [-0.4, -0.2) is 24.9 Å². The average molecular weight is 256 g/mol. The molecule has 3 N–H and O–H groups in total. The number of aliphatic hydroxyl groups is 1. The van der Waals surface area contributed by atoms with E-state index in [2.05, 4.69) is 0 Å². The van der Waals surface area contributed by atoms with E-state index in [1.54, 1.807) is 12.1 Å². The zero-order chi connectivity index (χ0) is 12.3. The molecule has 1 fully saturated rings. The average Bonchev–Trinajstić information content (AvgIpc) is 2.39. The van der Waals surface area contributed by atoms with Crippen molar-refractivity contribution in [1.82, 2.24) is 0 Å². The van der Waals surface area contributed by atoms with Gasteiger partial charge in [-0.05, 0) is 30.5 Å². The van der Waals surface area contributed by atoms with Gasteiger partial charge in [-0.15, -0.1) is 0 Å². The monoisotopic (exact) mass is 255 g/mol. The summed E-state index contributed by atoms with van der Waals surface area (Å²) >= 11 is 5.84. The molecule has 3 nitrogen and oxygen atoms in total. The molecule has 2 unspecified atom stereocenters. The van der Waals surface area contributed by atoms with Crippen LogP contribution in [0.4, 0.5) is 0 Å². The third kappa shape index (κ3) is 2.63. The number of nitrogens with two attached hydrogens (primary N) is 1. The van der Waals surface area contributed by atoms with Gasteiger partial charge in [0.05, 0.1) is 12.7 Å². The Kier molecular flexibility index (Phi) is 4.05. The molecular formula is C13H18ClNO2. The van der Waals surface area contributed by atoms with Crippen molar-refractivity contribution in [2.75, 3.05) is 19.8 Å². The van der Waals surface area contributed by atoms with Crippen molar-refractivity contribution in [3.63, 3.8) is 0 Å². The molecule has 1 aromatic rings. The Balaban J connectivity index is 2.21. The highest BCUT2D eigenvalue weighted by Gasteiger charge is 2.39. The molecular weight excluding hydrogens is 238 g/mol. The van der Waals surface area contributed by atoms with Crippen LogP contribution in [0.3, 0.4) is 0 Å². The largest absolute Gasteiger partial charge is 0.388 e. The molecule has 0 saturated carbocycles. The van der Waals surface area contributed by atoms with Crippen LogP contribution in [-0.2, 0) is 4.74 Å². The summed E-state index contributed by atoms with van der Waals surface area (Å²) in [6.45, 7) is 1.71. The van der Waals surface area contributed by atoms with Gasteiger partial charge >= 0.3 is 0 Å². The molecule has 0 bridgehead atoms. The van der Waals surface area contributed by atoms with Crippen LogP contribution in [0.1, 0.15) is 24.5 Å². The topological polar surface area (TPSA) is 55.5 Å². The standard InChI is InChI=1S/C13H18ClNO2/c14-11-4-2-10(3-5-11)12(16)13(8-15)6-1-7-17-9-13/h2-5,12,16H,1,6-9,15H2. The van der Waals surface area contributed by atoms with E-state index in [0.717, 1.165) is 25.0 Å². The molecule has 0 amide bonds. The summed E-state index contributed by atoms with van der Waals surface area (Å²) in [7, 11) is 0. The van der Waals surface area contributed by atoms with Crippen LogP contribution < -0.4 is 5.73 Å². The first-order chi connectivity index (χ1) is 8.18. The molecule has 17 heavy (non-hydrogen) atoms. The highest BCUT2D eigenvalue weighted by atomic mass is 35.5. The van der Waals surface area contributed by atoms with Crippen molar-refractivity contribution in [3.8, 4) is 0 Å². The van der Waals surface area contributed by atoms with Crippen molar-refractivity contribution < 1.29 is 9.84 Å². The summed E-state index contributed by atoms with van der Waals surface area (Å²) in [6, 6.07) is 7.26. The fraction of sp³-hybridized carbons (Fsp3) is 0.538. The van der Waals surface area contributed by atoms with E-state index in [-0.39, 0.29) is 5.41 Å². The van der Waals surface area contributed by atoms with Crippen molar-refractivity contribution in [1.29, 1.82) is 0 Å². The molecule has 94 valence electrons. The fourth-order valence-electron chi connectivity index (χ4n) is 2.36. The summed E-state index contributed by atoms with van der Waals surface area (Å²) in [6.07, 6.45) is 1.25. The van der Waals surface area contributed by atoms with Gasteiger partial charge in [0, 0.05) is 23.6 Å². The lowest BCUT2D eigenvalue weighted by Crippen LogP contribution is -2.43. The minimum atomic E-state index is -0.593. The number of benzene rings is 1. The number of halogens is 1.